The van der Waals surface area contributed by atoms with Gasteiger partial charge in [0.05, 0.1) is 39.3 Å². The molecule has 1 aliphatic heterocycles. The Morgan fingerprint density at radius 1 is 1.17 bits per heavy atom. The molecule has 0 radical (unpaired) electrons. The summed E-state index contributed by atoms with van der Waals surface area (Å²) in [5.41, 5.74) is 0.980. The van der Waals surface area contributed by atoms with Gasteiger partial charge in [-0.15, -0.1) is 0 Å². The minimum absolute atomic E-state index is 0.0206. The largest absolute Gasteiger partial charge is 0.872 e. The number of ether oxygens (including phenoxy) is 1. The lowest BCUT2D eigenvalue weighted by atomic mass is 9.96. The van der Waals surface area contributed by atoms with Crippen molar-refractivity contribution in [3.8, 4) is 5.75 Å². The van der Waals surface area contributed by atoms with Gasteiger partial charge in [0.25, 0.3) is 5.91 Å². The van der Waals surface area contributed by atoms with E-state index in [1.807, 2.05) is 0 Å². The van der Waals surface area contributed by atoms with Gasteiger partial charge in [0.2, 0.25) is 5.78 Å². The zero-order valence-corrected chi connectivity index (χ0v) is 17.6. The lowest BCUT2D eigenvalue weighted by molar-refractivity contribution is -0.895. The molecule has 1 atom stereocenters. The quantitative estimate of drug-likeness (QED) is 0.383. The molecular formula is C23H27N3O4. The first kappa shape index (κ1) is 21.5. The average molecular weight is 409 g/mol. The number of nitrogens with zero attached hydrogens (tertiary/aromatic N) is 2. The van der Waals surface area contributed by atoms with Crippen LogP contribution in [0.1, 0.15) is 31.0 Å². The molecule has 0 spiro atoms. The van der Waals surface area contributed by atoms with Crippen molar-refractivity contribution in [2.24, 2.45) is 0 Å². The third-order valence-corrected chi connectivity index (χ3v) is 5.59. The number of likely N-dealkylation sites (N-methyl/N-ethyl adjacent to an activating group) is 1. The summed E-state index contributed by atoms with van der Waals surface area (Å²) in [5.74, 6) is -1.20. The van der Waals surface area contributed by atoms with E-state index >= 15 is 0 Å². The second kappa shape index (κ2) is 9.54. The summed E-state index contributed by atoms with van der Waals surface area (Å²) in [7, 11) is 1.54. The van der Waals surface area contributed by atoms with E-state index in [0.717, 1.165) is 13.1 Å². The molecule has 0 aliphatic carbocycles. The normalized spacial score (nSPS) is 18.3. The molecule has 1 amide bonds. The number of aromatic nitrogens is 1. The Bertz CT molecular complexity index is 921. The summed E-state index contributed by atoms with van der Waals surface area (Å²) in [6.45, 7) is 7.10. The molecule has 1 aromatic heterocycles. The van der Waals surface area contributed by atoms with Crippen LogP contribution < -0.4 is 14.7 Å². The van der Waals surface area contributed by atoms with Gasteiger partial charge in [-0.05, 0) is 43.2 Å². The first-order valence-corrected chi connectivity index (χ1v) is 10.2. The number of methoxy groups -OCH3 is 1. The molecule has 1 fully saturated rings. The van der Waals surface area contributed by atoms with Crippen molar-refractivity contribution in [3.05, 3.63) is 65.5 Å². The van der Waals surface area contributed by atoms with Crippen molar-refractivity contribution in [1.29, 1.82) is 0 Å². The van der Waals surface area contributed by atoms with Gasteiger partial charge in [-0.25, -0.2) is 0 Å². The van der Waals surface area contributed by atoms with Crippen LogP contribution in [0.2, 0.25) is 0 Å². The predicted molar refractivity (Wildman–Crippen MR) is 111 cm³/mol. The molecule has 2 heterocycles. The van der Waals surface area contributed by atoms with Crippen LogP contribution in [0.25, 0.3) is 5.76 Å². The molecule has 0 saturated carbocycles. The Morgan fingerprint density at radius 2 is 1.87 bits per heavy atom. The van der Waals surface area contributed by atoms with E-state index in [2.05, 4.69) is 18.8 Å². The molecule has 7 heteroatoms. The number of pyridine rings is 1. The molecule has 1 aliphatic rings. The van der Waals surface area contributed by atoms with Crippen LogP contribution in [-0.2, 0) is 9.59 Å². The van der Waals surface area contributed by atoms with Gasteiger partial charge in [-0.2, -0.15) is 0 Å². The van der Waals surface area contributed by atoms with Gasteiger partial charge < -0.3 is 19.6 Å². The number of amides is 1. The molecule has 2 aromatic rings. The Hall–Kier alpha value is -3.19. The van der Waals surface area contributed by atoms with Crippen LogP contribution in [0.4, 0.5) is 0 Å². The van der Waals surface area contributed by atoms with Crippen LogP contribution in [0.5, 0.6) is 5.75 Å². The fourth-order valence-corrected chi connectivity index (χ4v) is 3.77. The molecule has 1 saturated heterocycles. The predicted octanol–water partition coefficient (Wildman–Crippen LogP) is 0.239. The second-order valence-corrected chi connectivity index (χ2v) is 7.19. The summed E-state index contributed by atoms with van der Waals surface area (Å²) < 4.78 is 5.14. The molecule has 30 heavy (non-hydrogen) atoms. The second-order valence-electron chi connectivity index (χ2n) is 7.19. The van der Waals surface area contributed by atoms with Crippen LogP contribution in [0.3, 0.4) is 0 Å². The van der Waals surface area contributed by atoms with E-state index in [9.17, 15) is 14.7 Å². The van der Waals surface area contributed by atoms with Gasteiger partial charge in [-0.1, -0.05) is 24.0 Å². The van der Waals surface area contributed by atoms with Gasteiger partial charge >= 0.3 is 0 Å². The molecule has 1 N–H and O–H groups in total. The summed E-state index contributed by atoms with van der Waals surface area (Å²) in [4.78, 5) is 32.8. The topological polar surface area (TPSA) is 87.0 Å². The average Bonchev–Trinajstić information content (AvgIpc) is 3.05. The van der Waals surface area contributed by atoms with E-state index in [1.54, 1.807) is 55.9 Å². The Balaban J connectivity index is 2.05. The number of nitrogens with one attached hydrogen (secondary N) is 1. The smallest absolute Gasteiger partial charge is 0.295 e. The number of likely N-dealkylation sites (tertiary alicyclic amines) is 1. The van der Waals surface area contributed by atoms with Crippen LogP contribution in [0.15, 0.2) is 54.4 Å². The number of ketones is 1. The molecule has 158 valence electrons. The van der Waals surface area contributed by atoms with Crippen molar-refractivity contribution >= 4 is 17.4 Å². The Labute approximate surface area is 176 Å². The van der Waals surface area contributed by atoms with E-state index in [0.29, 0.717) is 30.0 Å². The van der Waals surface area contributed by atoms with E-state index < -0.39 is 23.5 Å². The summed E-state index contributed by atoms with van der Waals surface area (Å²) >= 11 is 0. The molecular weight excluding hydrogens is 382 g/mol. The number of Topliss-reactive ketones (excluding diaryl/α,β-unsaturated/α-hetero) is 1. The van der Waals surface area contributed by atoms with Gasteiger partial charge in [0, 0.05) is 18.0 Å². The summed E-state index contributed by atoms with van der Waals surface area (Å²) in [6, 6.07) is 9.34. The number of carbonyl (C=O) groups excluding carboxylic acids is 2. The van der Waals surface area contributed by atoms with E-state index in [-0.39, 0.29) is 5.57 Å². The summed E-state index contributed by atoms with van der Waals surface area (Å²) in [6.07, 6.45) is 3.23. The number of quaternary nitrogens is 1. The lowest BCUT2D eigenvalue weighted by Gasteiger charge is -2.28. The highest BCUT2D eigenvalue weighted by Crippen LogP contribution is 2.38. The zero-order valence-electron chi connectivity index (χ0n) is 17.6. The highest BCUT2D eigenvalue weighted by Gasteiger charge is 2.44. The van der Waals surface area contributed by atoms with Crippen molar-refractivity contribution in [3.63, 3.8) is 0 Å². The minimum atomic E-state index is -0.737. The lowest BCUT2D eigenvalue weighted by Crippen LogP contribution is -3.12. The number of rotatable bonds is 8. The fraction of sp³-hybridized carbons (Fsp3) is 0.348. The van der Waals surface area contributed by atoms with Crippen molar-refractivity contribution in [2.45, 2.75) is 19.9 Å². The highest BCUT2D eigenvalue weighted by molar-refractivity contribution is 6.46. The third kappa shape index (κ3) is 4.21. The third-order valence-electron chi connectivity index (χ3n) is 5.59. The standard InChI is InChI=1S/C23H27N3O4/c1-4-25(5-2)13-14-26-20(17-7-6-12-24-15-17)19(22(28)23(26)29)21(27)16-8-10-18(30-3)11-9-16/h6-12,15,20,27H,4-5,13-14H2,1-3H3. The van der Waals surface area contributed by atoms with Gasteiger partial charge in [-0.3, -0.25) is 14.6 Å². The maximum Gasteiger partial charge on any atom is 0.295 e. The first-order valence-electron chi connectivity index (χ1n) is 10.2. The fourth-order valence-electron chi connectivity index (χ4n) is 3.77. The van der Waals surface area contributed by atoms with Gasteiger partial charge in [0.1, 0.15) is 5.75 Å². The van der Waals surface area contributed by atoms with E-state index in [1.165, 1.54) is 9.80 Å². The monoisotopic (exact) mass is 409 g/mol. The van der Waals surface area contributed by atoms with Crippen LogP contribution >= 0.6 is 0 Å². The molecule has 3 rings (SSSR count). The van der Waals surface area contributed by atoms with Crippen LogP contribution in [0, 0.1) is 0 Å². The Morgan fingerprint density at radius 3 is 2.43 bits per heavy atom. The number of hydrogen-bond acceptors (Lipinski definition) is 5. The SMILES string of the molecule is CC[NH+](CC)CCN1C(=O)C(=O)C(=C([O-])c2ccc(OC)cc2)C1c1cccnc1. The maximum atomic E-state index is 13.3. The minimum Gasteiger partial charge on any atom is -0.872 e. The van der Waals surface area contributed by atoms with E-state index in [4.69, 9.17) is 4.74 Å². The van der Waals surface area contributed by atoms with Crippen molar-refractivity contribution in [2.75, 3.05) is 33.3 Å². The van der Waals surface area contributed by atoms with Crippen molar-refractivity contribution < 1.29 is 24.3 Å². The zero-order chi connectivity index (χ0) is 21.7. The summed E-state index contributed by atoms with van der Waals surface area (Å²) in [5, 5.41) is 13.3. The maximum absolute atomic E-state index is 13.3. The first-order chi connectivity index (χ1) is 14.5. The molecule has 1 unspecified atom stereocenters. The van der Waals surface area contributed by atoms with Gasteiger partial charge in [0.15, 0.2) is 0 Å². The van der Waals surface area contributed by atoms with Crippen LogP contribution in [-0.4, -0.2) is 54.9 Å². The molecule has 0 bridgehead atoms. The number of hydrogen-bond donors (Lipinski definition) is 1. The number of benzene rings is 1. The molecule has 1 aromatic carbocycles. The highest BCUT2D eigenvalue weighted by atomic mass is 16.5. The van der Waals surface area contributed by atoms with Crippen molar-refractivity contribution in [1.82, 2.24) is 9.88 Å². The number of carbonyl (C=O) groups is 2. The Kier molecular flexibility index (Phi) is 6.84. The molecule has 7 nitrogen and oxygen atoms in total.